The Labute approximate surface area is 112 Å². The zero-order valence-electron chi connectivity index (χ0n) is 8.04. The molecule has 0 aliphatic heterocycles. The number of halogens is 1. The summed E-state index contributed by atoms with van der Waals surface area (Å²) in [5.41, 5.74) is 0. The van der Waals surface area contributed by atoms with E-state index in [0.717, 1.165) is 0 Å². The van der Waals surface area contributed by atoms with Crippen molar-refractivity contribution in [1.82, 2.24) is 0 Å². The predicted molar refractivity (Wildman–Crippen MR) is 35.3 cm³/mol. The summed E-state index contributed by atoms with van der Waals surface area (Å²) in [6, 6.07) is 0. The van der Waals surface area contributed by atoms with Gasteiger partial charge in [0, 0.05) is 0 Å². The van der Waals surface area contributed by atoms with Crippen molar-refractivity contribution >= 4 is 89.4 Å². The van der Waals surface area contributed by atoms with Crippen molar-refractivity contribution in [3.05, 3.63) is 0 Å². The second kappa shape index (κ2) is 7.70. The quantitative estimate of drug-likeness (QED) is 0.480. The molecule has 0 aliphatic rings. The van der Waals surface area contributed by atoms with Crippen molar-refractivity contribution in [3.63, 3.8) is 0 Å². The van der Waals surface area contributed by atoms with E-state index in [4.69, 9.17) is 14.4 Å². The van der Waals surface area contributed by atoms with E-state index >= 15 is 0 Å². The Bertz CT molecular complexity index is 56.8. The summed E-state index contributed by atoms with van der Waals surface area (Å²) in [7, 11) is -4.37. The fourth-order valence-corrected chi connectivity index (χ4v) is 0. The molecule has 0 saturated carbocycles. The van der Waals surface area contributed by atoms with Crippen LogP contribution in [0.2, 0.25) is 0 Å². The van der Waals surface area contributed by atoms with Crippen LogP contribution in [0.4, 0.5) is 0 Å². The maximum absolute atomic E-state index is 7.72. The molecule has 0 bridgehead atoms. The molecule has 4 nitrogen and oxygen atoms in total. The van der Waals surface area contributed by atoms with Crippen molar-refractivity contribution in [2.24, 2.45) is 0 Å². The van der Waals surface area contributed by atoms with Crippen LogP contribution in [0.5, 0.6) is 0 Å². The topological polar surface area (TPSA) is 69.9 Å². The van der Waals surface area contributed by atoms with Crippen LogP contribution >= 0.6 is 11.9 Å². The Morgan fingerprint density at radius 2 is 1.50 bits per heavy atom. The third kappa shape index (κ3) is 15.8. The van der Waals surface area contributed by atoms with Crippen LogP contribution in [0.25, 0.3) is 0 Å². The van der Waals surface area contributed by atoms with E-state index in [0.29, 0.717) is 0 Å². The van der Waals surface area contributed by atoms with Gasteiger partial charge in [-0.15, -0.1) is 0 Å². The molecule has 0 rings (SSSR count). The van der Waals surface area contributed by atoms with Crippen LogP contribution in [-0.2, 0) is 3.98 Å². The minimum atomic E-state index is -4.37. The molecule has 0 heterocycles. The smallest absolute Gasteiger partial charge is 1.00 e. The second-order valence-corrected chi connectivity index (χ2v) is 2.42. The van der Waals surface area contributed by atoms with Crippen LogP contribution in [0.15, 0.2) is 0 Å². The van der Waals surface area contributed by atoms with E-state index in [1.165, 1.54) is 0 Å². The molecule has 0 radical (unpaired) electrons. The van der Waals surface area contributed by atoms with Crippen molar-refractivity contribution < 1.29 is 24.1 Å². The van der Waals surface area contributed by atoms with E-state index in [1.54, 1.807) is 0 Å². The summed E-state index contributed by atoms with van der Waals surface area (Å²) in [5.74, 6) is 0. The first-order chi connectivity index (χ1) is 2.56. The molecule has 0 spiro atoms. The zero-order valence-corrected chi connectivity index (χ0v) is 10.7. The van der Waals surface area contributed by atoms with Crippen LogP contribution in [0.1, 0.15) is 5.71 Å². The minimum Gasteiger partial charge on any atom is -1.00 e. The first-order valence-electron chi connectivity index (χ1n) is 1.03. The van der Waals surface area contributed by atoms with Gasteiger partial charge in [0.2, 0.25) is 0 Å². The third-order valence-electron chi connectivity index (χ3n) is 0.104. The Kier molecular flexibility index (Phi) is 16.3. The molecule has 0 amide bonds. The fourth-order valence-electron chi connectivity index (χ4n) is 0. The Morgan fingerprint density at radius 3 is 1.50 bits per heavy atom. The van der Waals surface area contributed by atoms with E-state index in [1.807, 2.05) is 0 Å². The summed E-state index contributed by atoms with van der Waals surface area (Å²) in [6.07, 6.45) is 0. The molecule has 3 N–H and O–H groups in total. The normalized spacial score (nSPS) is 9.00. The molecule has 46 valence electrons. The summed E-state index contributed by atoms with van der Waals surface area (Å²) in [4.78, 5) is 23.2. The van der Waals surface area contributed by atoms with E-state index in [-0.39, 0.29) is 74.2 Å². The van der Waals surface area contributed by atoms with Gasteiger partial charge in [-0.2, -0.15) is 0 Å². The van der Waals surface area contributed by atoms with E-state index in [9.17, 15) is 0 Å². The van der Waals surface area contributed by atoms with Crippen LogP contribution in [-0.4, -0.2) is 92.0 Å². The number of hydrogen-bond acceptors (Lipinski definition) is 4. The van der Waals surface area contributed by atoms with Crippen molar-refractivity contribution in [1.29, 1.82) is 0 Å². The van der Waals surface area contributed by atoms with Gasteiger partial charge in [-0.25, -0.2) is 3.98 Å². The summed E-state index contributed by atoms with van der Waals surface area (Å²) < 4.78 is 3.22. The standard InChI is InChI=1S/ClH3O4Si.Mg.Sr.4H/c1-5-6(2,3)4;;;;;;/h2-4H;;;;;;/q;2*+2;4*-1. The van der Waals surface area contributed by atoms with Gasteiger partial charge in [0.15, 0.2) is 0 Å². The molecule has 0 aromatic rings. The zero-order chi connectivity index (χ0) is 5.21. The molecule has 0 unspecified atom stereocenters. The largest absolute Gasteiger partial charge is 2.00 e. The van der Waals surface area contributed by atoms with Crippen molar-refractivity contribution in [3.8, 4) is 0 Å². The SMILES string of the molecule is O[Si](O)(O)OCl.[H-].[H-].[H-].[H-].[Mg+2].[Sr+2]. The van der Waals surface area contributed by atoms with Crippen LogP contribution in [0, 0.1) is 0 Å². The van der Waals surface area contributed by atoms with Crippen molar-refractivity contribution in [2.75, 3.05) is 0 Å². The third-order valence-corrected chi connectivity index (χ3v) is 0.932. The molecule has 8 heteroatoms. The second-order valence-electron chi connectivity index (χ2n) is 0.651. The maximum Gasteiger partial charge on any atom is 2.00 e. The molecule has 0 fully saturated rings. The van der Waals surface area contributed by atoms with Gasteiger partial charge in [0.05, 0.1) is 11.9 Å². The summed E-state index contributed by atoms with van der Waals surface area (Å²) in [6.45, 7) is 0. The van der Waals surface area contributed by atoms with Gasteiger partial charge in [-0.3, -0.25) is 0 Å². The minimum absolute atomic E-state index is 0. The molecule has 0 aromatic heterocycles. The van der Waals surface area contributed by atoms with Gasteiger partial charge < -0.3 is 20.1 Å². The van der Waals surface area contributed by atoms with Crippen molar-refractivity contribution in [2.45, 2.75) is 0 Å². The first-order valence-corrected chi connectivity index (χ1v) is 3.09. The molecule has 0 aliphatic carbocycles. The fraction of sp³-hybridized carbons (Fsp3) is 0. The van der Waals surface area contributed by atoms with E-state index < -0.39 is 9.05 Å². The van der Waals surface area contributed by atoms with Gasteiger partial charge in [0.1, 0.15) is 0 Å². The van der Waals surface area contributed by atoms with Gasteiger partial charge >= 0.3 is 77.6 Å². The predicted octanol–water partition coefficient (Wildman–Crippen LogP) is -1.74. The number of hydrogen-bond donors (Lipinski definition) is 3. The molecular weight excluding hydrogens is 239 g/mol. The monoisotopic (exact) mass is 246 g/mol. The van der Waals surface area contributed by atoms with Crippen LogP contribution < -0.4 is 0 Å². The molecule has 8 heavy (non-hydrogen) atoms. The van der Waals surface area contributed by atoms with Gasteiger partial charge in [0.25, 0.3) is 0 Å². The molecule has 0 aromatic carbocycles. The van der Waals surface area contributed by atoms with Gasteiger partial charge in [-0.05, 0) is 0 Å². The molecule has 0 saturated heterocycles. The maximum atomic E-state index is 7.72. The first kappa shape index (κ1) is 16.9. The number of rotatable bonds is 1. The Hall–Kier alpha value is 2.59. The van der Waals surface area contributed by atoms with Gasteiger partial charge in [-0.1, -0.05) is 0 Å². The molecular formula is H7ClMgO4SiSr. The molecule has 0 atom stereocenters. The van der Waals surface area contributed by atoms with E-state index in [2.05, 4.69) is 15.8 Å². The van der Waals surface area contributed by atoms with Crippen LogP contribution in [0.3, 0.4) is 0 Å². The Morgan fingerprint density at radius 1 is 1.38 bits per heavy atom. The average molecular weight is 247 g/mol. The average Bonchev–Trinajstić information content (AvgIpc) is 1.35. The Balaban J connectivity index is -0.00000000833. The summed E-state index contributed by atoms with van der Waals surface area (Å²) in [5, 5.41) is 0. The summed E-state index contributed by atoms with van der Waals surface area (Å²) >= 11 is 4.29.